The van der Waals surface area contributed by atoms with Gasteiger partial charge in [-0.1, -0.05) is 32.0 Å². The molecule has 0 aliphatic rings. The number of carbonyl (C=O) groups excluding carboxylic acids is 1. The molecule has 0 saturated carbocycles. The number of hydrogen-bond donors (Lipinski definition) is 3. The fourth-order valence-electron chi connectivity index (χ4n) is 4.31. The van der Waals surface area contributed by atoms with Gasteiger partial charge in [0.1, 0.15) is 5.82 Å². The summed E-state index contributed by atoms with van der Waals surface area (Å²) >= 11 is 0. The van der Waals surface area contributed by atoms with E-state index in [0.717, 1.165) is 18.4 Å². The van der Waals surface area contributed by atoms with Crippen molar-refractivity contribution >= 4 is 5.91 Å². The maximum absolute atomic E-state index is 13.3. The van der Waals surface area contributed by atoms with Gasteiger partial charge in [-0.15, -0.1) is 0 Å². The van der Waals surface area contributed by atoms with Crippen molar-refractivity contribution in [3.63, 3.8) is 0 Å². The van der Waals surface area contributed by atoms with E-state index in [1.54, 1.807) is 40.2 Å². The molecule has 4 N–H and O–H groups in total. The van der Waals surface area contributed by atoms with Crippen LogP contribution in [0.3, 0.4) is 0 Å². The van der Waals surface area contributed by atoms with E-state index in [9.17, 15) is 14.3 Å². The first-order valence-corrected chi connectivity index (χ1v) is 13.3. The van der Waals surface area contributed by atoms with Gasteiger partial charge in [0, 0.05) is 32.7 Å². The Hall–Kier alpha value is -2.68. The van der Waals surface area contributed by atoms with Gasteiger partial charge < -0.3 is 30.4 Å². The first kappa shape index (κ1) is 31.5. The summed E-state index contributed by atoms with van der Waals surface area (Å²) in [6.45, 7) is 9.01. The first-order chi connectivity index (χ1) is 18.0. The second-order valence-electron chi connectivity index (χ2n) is 10.7. The highest BCUT2D eigenvalue weighted by Crippen LogP contribution is 2.31. The molecule has 3 atom stereocenters. The molecule has 0 heterocycles. The van der Waals surface area contributed by atoms with E-state index >= 15 is 0 Å². The van der Waals surface area contributed by atoms with Gasteiger partial charge in [0.25, 0.3) is 0 Å². The number of rotatable bonds is 16. The number of hydrogen-bond acceptors (Lipinski definition) is 6. The average molecular weight is 533 g/mol. The van der Waals surface area contributed by atoms with Crippen LogP contribution in [-0.2, 0) is 21.4 Å². The molecule has 2 aromatic rings. The van der Waals surface area contributed by atoms with Gasteiger partial charge in [-0.25, -0.2) is 4.39 Å². The lowest BCUT2D eigenvalue weighted by Gasteiger charge is -2.29. The van der Waals surface area contributed by atoms with E-state index in [2.05, 4.69) is 19.2 Å². The Labute approximate surface area is 226 Å². The van der Waals surface area contributed by atoms with Crippen LogP contribution in [0.25, 0.3) is 0 Å². The summed E-state index contributed by atoms with van der Waals surface area (Å²) in [7, 11) is 3.28. The Kier molecular flexibility index (Phi) is 12.5. The average Bonchev–Trinajstić information content (AvgIpc) is 2.89. The molecule has 38 heavy (non-hydrogen) atoms. The topological polar surface area (TPSA) is 103 Å². The van der Waals surface area contributed by atoms with Gasteiger partial charge in [0.05, 0.1) is 25.2 Å². The monoisotopic (exact) mass is 532 g/mol. The molecular formula is C30H45FN2O5. The van der Waals surface area contributed by atoms with Crippen molar-refractivity contribution < 1.29 is 28.5 Å². The molecule has 0 unspecified atom stereocenters. The largest absolute Gasteiger partial charge is 0.493 e. The predicted molar refractivity (Wildman–Crippen MR) is 148 cm³/mol. The summed E-state index contributed by atoms with van der Waals surface area (Å²) in [4.78, 5) is 12.9. The molecule has 0 aromatic heterocycles. The van der Waals surface area contributed by atoms with Crippen LogP contribution in [-0.4, -0.2) is 57.1 Å². The normalized spacial score (nSPS) is 14.2. The summed E-state index contributed by atoms with van der Waals surface area (Å²) in [6, 6.07) is 11.3. The second-order valence-corrected chi connectivity index (χ2v) is 10.7. The number of carbonyl (C=O) groups is 1. The van der Waals surface area contributed by atoms with Gasteiger partial charge in [0.2, 0.25) is 5.91 Å². The van der Waals surface area contributed by atoms with Gasteiger partial charge in [-0.3, -0.25) is 4.79 Å². The highest BCUT2D eigenvalue weighted by molar-refractivity contribution is 5.87. The molecule has 7 nitrogen and oxygen atoms in total. The lowest BCUT2D eigenvalue weighted by atomic mass is 9.82. The van der Waals surface area contributed by atoms with Crippen LogP contribution in [0.5, 0.6) is 11.5 Å². The van der Waals surface area contributed by atoms with Gasteiger partial charge in [0.15, 0.2) is 11.5 Å². The fourth-order valence-corrected chi connectivity index (χ4v) is 4.31. The summed E-state index contributed by atoms with van der Waals surface area (Å²) in [5, 5.41) is 13.6. The second kappa shape index (κ2) is 15.0. The molecule has 0 aliphatic carbocycles. The quantitative estimate of drug-likeness (QED) is 0.280. The van der Waals surface area contributed by atoms with Crippen LogP contribution >= 0.6 is 0 Å². The molecular weight excluding hydrogens is 487 g/mol. The van der Waals surface area contributed by atoms with Crippen molar-refractivity contribution in [3.05, 3.63) is 59.4 Å². The highest BCUT2D eigenvalue weighted by atomic mass is 19.1. The number of halogens is 1. The molecule has 0 saturated heterocycles. The van der Waals surface area contributed by atoms with Crippen LogP contribution in [0, 0.1) is 17.7 Å². The summed E-state index contributed by atoms with van der Waals surface area (Å²) in [6.07, 6.45) is 1.23. The number of ether oxygens (including phenoxy) is 3. The summed E-state index contributed by atoms with van der Waals surface area (Å²) in [5.41, 5.74) is 7.31. The Morgan fingerprint density at radius 1 is 1.08 bits per heavy atom. The predicted octanol–water partition coefficient (Wildman–Crippen LogP) is 4.24. The van der Waals surface area contributed by atoms with E-state index < -0.39 is 17.6 Å². The maximum Gasteiger partial charge on any atom is 0.230 e. The fraction of sp³-hybridized carbons (Fsp3) is 0.567. The van der Waals surface area contributed by atoms with Crippen LogP contribution in [0.2, 0.25) is 0 Å². The Balaban J connectivity index is 1.98. The zero-order valence-corrected chi connectivity index (χ0v) is 23.6. The van der Waals surface area contributed by atoms with Crippen molar-refractivity contribution in [3.8, 4) is 11.5 Å². The number of aliphatic hydroxyl groups excluding tert-OH is 1. The lowest BCUT2D eigenvalue weighted by Crippen LogP contribution is -2.48. The molecule has 2 rings (SSSR count). The number of methoxy groups -OCH3 is 2. The van der Waals surface area contributed by atoms with Crippen molar-refractivity contribution in [1.82, 2.24) is 5.32 Å². The van der Waals surface area contributed by atoms with Gasteiger partial charge in [-0.05, 0) is 73.9 Å². The van der Waals surface area contributed by atoms with Crippen LogP contribution in [0.15, 0.2) is 42.5 Å². The number of aliphatic hydroxyl groups is 1. The highest BCUT2D eigenvalue weighted by Gasteiger charge is 2.31. The Bertz CT molecular complexity index is 997. The van der Waals surface area contributed by atoms with Crippen molar-refractivity contribution in [1.29, 1.82) is 0 Å². The molecule has 0 fully saturated rings. The summed E-state index contributed by atoms with van der Waals surface area (Å²) in [5.74, 6) is 1.30. The smallest absolute Gasteiger partial charge is 0.230 e. The van der Waals surface area contributed by atoms with Gasteiger partial charge >= 0.3 is 0 Å². The van der Waals surface area contributed by atoms with E-state index in [4.69, 9.17) is 19.9 Å². The summed E-state index contributed by atoms with van der Waals surface area (Å²) < 4.78 is 29.7. The minimum absolute atomic E-state index is 0.0391. The Morgan fingerprint density at radius 2 is 1.76 bits per heavy atom. The minimum Gasteiger partial charge on any atom is -0.493 e. The minimum atomic E-state index is -0.903. The molecule has 0 radical (unpaired) electrons. The van der Waals surface area contributed by atoms with Crippen LogP contribution in [0.4, 0.5) is 4.39 Å². The van der Waals surface area contributed by atoms with Crippen LogP contribution < -0.4 is 20.5 Å². The van der Waals surface area contributed by atoms with Crippen molar-refractivity contribution in [2.75, 3.05) is 34.0 Å². The number of amides is 1. The van der Waals surface area contributed by atoms with Crippen LogP contribution in [0.1, 0.15) is 51.7 Å². The molecule has 212 valence electrons. The number of nitrogens with two attached hydrogens (primary N) is 1. The van der Waals surface area contributed by atoms with E-state index in [1.807, 2.05) is 18.2 Å². The molecule has 0 aliphatic heterocycles. The Morgan fingerprint density at radius 3 is 2.37 bits per heavy atom. The standard InChI is InChI=1S/C30H45FN2O5/c1-20(2)22(16-21-8-13-27(37-6)28(17-21)38-15-7-14-36-5)18-25(32)26(34)19-33-29(35)30(3,4)23-9-11-24(31)12-10-23/h8-13,17,20,22,25-26,34H,7,14-16,18-19,32H2,1-6H3,(H,33,35)/t22-,25-,26-/m0/s1. The molecule has 0 spiro atoms. The maximum atomic E-state index is 13.3. The van der Waals surface area contributed by atoms with Gasteiger partial charge in [-0.2, -0.15) is 0 Å². The van der Waals surface area contributed by atoms with E-state index in [1.165, 1.54) is 12.1 Å². The van der Waals surface area contributed by atoms with E-state index in [-0.39, 0.29) is 24.2 Å². The number of benzene rings is 2. The zero-order chi connectivity index (χ0) is 28.3. The molecule has 8 heteroatoms. The van der Waals surface area contributed by atoms with Crippen molar-refractivity contribution in [2.45, 2.75) is 64.5 Å². The first-order valence-electron chi connectivity index (χ1n) is 13.3. The lowest BCUT2D eigenvalue weighted by molar-refractivity contribution is -0.126. The number of nitrogens with one attached hydrogen (secondary N) is 1. The zero-order valence-electron chi connectivity index (χ0n) is 23.6. The van der Waals surface area contributed by atoms with E-state index in [0.29, 0.717) is 42.6 Å². The molecule has 2 aromatic carbocycles. The SMILES string of the molecule is COCCCOc1cc(C[C@@H](C[C@H](N)[C@@H](O)CNC(=O)C(C)(C)c2ccc(F)cc2)C(C)C)ccc1OC. The molecule has 0 bridgehead atoms. The van der Waals surface area contributed by atoms with Crippen molar-refractivity contribution in [2.24, 2.45) is 17.6 Å². The third-order valence-electron chi connectivity index (χ3n) is 7.09. The molecule has 1 amide bonds. The third-order valence-corrected chi connectivity index (χ3v) is 7.09. The third kappa shape index (κ3) is 9.26.